The Labute approximate surface area is 203 Å². The molecular formula is C22H18BrN3O7S. The lowest BCUT2D eigenvalue weighted by molar-refractivity contribution is -0.384. The number of carbonyl (C=O) groups is 1. The molecule has 3 aromatic rings. The first-order valence-corrected chi connectivity index (χ1v) is 11.9. The van der Waals surface area contributed by atoms with Gasteiger partial charge in [-0.3, -0.25) is 14.9 Å². The maximum atomic E-state index is 12.6. The van der Waals surface area contributed by atoms with E-state index in [1.165, 1.54) is 24.4 Å². The van der Waals surface area contributed by atoms with Crippen molar-refractivity contribution in [3.05, 3.63) is 92.4 Å². The molecule has 10 nitrogen and oxygen atoms in total. The largest absolute Gasteiger partial charge is 0.490 e. The van der Waals surface area contributed by atoms with Crippen LogP contribution in [-0.2, 0) is 10.1 Å². The molecule has 0 radical (unpaired) electrons. The maximum Gasteiger partial charge on any atom is 0.339 e. The molecule has 0 heterocycles. The summed E-state index contributed by atoms with van der Waals surface area (Å²) in [5.41, 5.74) is 3.09. The van der Waals surface area contributed by atoms with Crippen LogP contribution in [0.15, 0.2) is 81.2 Å². The summed E-state index contributed by atoms with van der Waals surface area (Å²) in [7, 11) is -4.27. The second-order valence-electron chi connectivity index (χ2n) is 6.64. The molecule has 0 aliphatic carbocycles. The summed E-state index contributed by atoms with van der Waals surface area (Å²) in [5, 5.41) is 14.7. The Kier molecular flexibility index (Phi) is 7.97. The summed E-state index contributed by atoms with van der Waals surface area (Å²) < 4.78 is 36.6. The van der Waals surface area contributed by atoms with Crippen molar-refractivity contribution in [3.8, 4) is 11.5 Å². The van der Waals surface area contributed by atoms with Gasteiger partial charge in [0, 0.05) is 22.2 Å². The van der Waals surface area contributed by atoms with Crippen molar-refractivity contribution in [2.24, 2.45) is 5.10 Å². The van der Waals surface area contributed by atoms with Crippen LogP contribution >= 0.6 is 15.9 Å². The summed E-state index contributed by atoms with van der Waals surface area (Å²) >= 11 is 3.30. The molecule has 0 saturated heterocycles. The van der Waals surface area contributed by atoms with E-state index in [4.69, 9.17) is 8.92 Å². The lowest BCUT2D eigenvalue weighted by Crippen LogP contribution is -2.17. The van der Waals surface area contributed by atoms with Crippen molar-refractivity contribution in [1.82, 2.24) is 5.43 Å². The molecule has 0 bridgehead atoms. The molecule has 1 amide bonds. The van der Waals surface area contributed by atoms with Gasteiger partial charge in [-0.25, -0.2) is 5.43 Å². The number of carbonyl (C=O) groups excluding carboxylic acids is 1. The van der Waals surface area contributed by atoms with E-state index in [0.29, 0.717) is 11.1 Å². The number of non-ortho nitro benzene ring substituents is 1. The average molecular weight is 548 g/mol. The number of amides is 1. The number of hydrazone groups is 1. The number of ether oxygens (including phenoxy) is 1. The van der Waals surface area contributed by atoms with Gasteiger partial charge in [-0.15, -0.1) is 0 Å². The molecule has 3 aromatic carbocycles. The van der Waals surface area contributed by atoms with Gasteiger partial charge in [-0.2, -0.15) is 13.5 Å². The lowest BCUT2D eigenvalue weighted by Gasteiger charge is -2.12. The molecular weight excluding hydrogens is 530 g/mol. The van der Waals surface area contributed by atoms with Gasteiger partial charge in [0.15, 0.2) is 11.5 Å². The van der Waals surface area contributed by atoms with Crippen LogP contribution in [0.25, 0.3) is 0 Å². The molecule has 0 aliphatic heterocycles. The van der Waals surface area contributed by atoms with Crippen LogP contribution in [0, 0.1) is 10.1 Å². The first kappa shape index (κ1) is 24.9. The lowest BCUT2D eigenvalue weighted by atomic mass is 10.2. The first-order chi connectivity index (χ1) is 16.2. The van der Waals surface area contributed by atoms with Gasteiger partial charge in [0.2, 0.25) is 0 Å². The second kappa shape index (κ2) is 10.9. The number of hydrogen-bond donors (Lipinski definition) is 1. The van der Waals surface area contributed by atoms with Crippen LogP contribution in [0.5, 0.6) is 11.5 Å². The number of nitro benzene ring substituents is 1. The van der Waals surface area contributed by atoms with E-state index in [1.54, 1.807) is 31.2 Å². The predicted octanol–water partition coefficient (Wildman–Crippen LogP) is 4.29. The van der Waals surface area contributed by atoms with Crippen molar-refractivity contribution in [3.63, 3.8) is 0 Å². The zero-order chi connectivity index (χ0) is 24.7. The van der Waals surface area contributed by atoms with E-state index >= 15 is 0 Å². The van der Waals surface area contributed by atoms with Crippen LogP contribution < -0.4 is 14.3 Å². The molecule has 34 heavy (non-hydrogen) atoms. The zero-order valence-electron chi connectivity index (χ0n) is 17.7. The van der Waals surface area contributed by atoms with E-state index in [-0.39, 0.29) is 28.7 Å². The second-order valence-corrected chi connectivity index (χ2v) is 9.10. The third-order valence-electron chi connectivity index (χ3n) is 4.27. The van der Waals surface area contributed by atoms with Gasteiger partial charge in [0.25, 0.3) is 11.6 Å². The number of hydrogen-bond acceptors (Lipinski definition) is 8. The minimum absolute atomic E-state index is 0.0736. The number of rotatable bonds is 9. The first-order valence-electron chi connectivity index (χ1n) is 9.74. The third kappa shape index (κ3) is 6.39. The SMILES string of the molecule is CCOc1cc(/C=N/NC(=O)c2cccc(Br)c2)ccc1OS(=O)(=O)c1ccc([N+](=O)[O-])cc1. The van der Waals surface area contributed by atoms with Crippen molar-refractivity contribution in [2.45, 2.75) is 11.8 Å². The molecule has 1 N–H and O–H groups in total. The summed E-state index contributed by atoms with van der Waals surface area (Å²) in [6.07, 6.45) is 1.37. The molecule has 3 rings (SSSR count). The highest BCUT2D eigenvalue weighted by Gasteiger charge is 2.20. The highest BCUT2D eigenvalue weighted by molar-refractivity contribution is 9.10. The topological polar surface area (TPSA) is 137 Å². The monoisotopic (exact) mass is 547 g/mol. The molecule has 0 atom stereocenters. The summed E-state index contributed by atoms with van der Waals surface area (Å²) in [6.45, 7) is 1.95. The quantitative estimate of drug-likeness (QED) is 0.182. The minimum atomic E-state index is -4.27. The van der Waals surface area contributed by atoms with Crippen molar-refractivity contribution in [2.75, 3.05) is 6.61 Å². The summed E-state index contributed by atoms with van der Waals surface area (Å²) in [6, 6.07) is 15.5. The third-order valence-corrected chi connectivity index (χ3v) is 6.01. The number of nitrogens with zero attached hydrogens (tertiary/aromatic N) is 2. The highest BCUT2D eigenvalue weighted by Crippen LogP contribution is 2.31. The molecule has 12 heteroatoms. The van der Waals surface area contributed by atoms with Gasteiger partial charge in [-0.05, 0) is 61.0 Å². The fourth-order valence-electron chi connectivity index (χ4n) is 2.70. The normalized spacial score (nSPS) is 11.2. The van der Waals surface area contributed by atoms with Crippen molar-refractivity contribution < 1.29 is 27.1 Å². The summed E-state index contributed by atoms with van der Waals surface area (Å²) in [4.78, 5) is 22.1. The maximum absolute atomic E-state index is 12.6. The van der Waals surface area contributed by atoms with Crippen LogP contribution in [0.4, 0.5) is 5.69 Å². The zero-order valence-corrected chi connectivity index (χ0v) is 20.1. The Morgan fingerprint density at radius 2 is 1.85 bits per heavy atom. The Balaban J connectivity index is 1.76. The van der Waals surface area contributed by atoms with E-state index in [2.05, 4.69) is 26.5 Å². The molecule has 0 aliphatic rings. The number of nitro groups is 1. The van der Waals surface area contributed by atoms with Crippen molar-refractivity contribution >= 4 is 43.9 Å². The standard InChI is InChI=1S/C22H18BrN3O7S/c1-2-32-21-12-15(14-24-25-22(27)16-4-3-5-17(23)13-16)6-11-20(21)33-34(30,31)19-9-7-18(8-10-19)26(28)29/h3-14H,2H2,1H3,(H,25,27)/b24-14+. The van der Waals surface area contributed by atoms with Gasteiger partial charge in [0.05, 0.1) is 17.7 Å². The van der Waals surface area contributed by atoms with Crippen LogP contribution in [0.3, 0.4) is 0 Å². The van der Waals surface area contributed by atoms with Crippen LogP contribution in [0.2, 0.25) is 0 Å². The highest BCUT2D eigenvalue weighted by atomic mass is 79.9. The van der Waals surface area contributed by atoms with Gasteiger partial charge >= 0.3 is 10.1 Å². The molecule has 176 valence electrons. The van der Waals surface area contributed by atoms with E-state index in [0.717, 1.165) is 28.7 Å². The van der Waals surface area contributed by atoms with E-state index in [9.17, 15) is 23.3 Å². The Hall–Kier alpha value is -3.77. The molecule has 0 saturated carbocycles. The number of benzene rings is 3. The van der Waals surface area contributed by atoms with Crippen LogP contribution in [-0.4, -0.2) is 32.1 Å². The Morgan fingerprint density at radius 1 is 1.12 bits per heavy atom. The van der Waals surface area contributed by atoms with Crippen molar-refractivity contribution in [1.29, 1.82) is 0 Å². The van der Waals surface area contributed by atoms with E-state index in [1.807, 2.05) is 0 Å². The number of nitrogens with one attached hydrogen (secondary N) is 1. The fraction of sp³-hybridized carbons (Fsp3) is 0.0909. The molecule has 0 aromatic heterocycles. The Bertz CT molecular complexity index is 1340. The predicted molar refractivity (Wildman–Crippen MR) is 128 cm³/mol. The van der Waals surface area contributed by atoms with Crippen LogP contribution in [0.1, 0.15) is 22.8 Å². The van der Waals surface area contributed by atoms with Gasteiger partial charge in [-0.1, -0.05) is 22.0 Å². The van der Waals surface area contributed by atoms with E-state index < -0.39 is 20.9 Å². The molecule has 0 unspecified atom stereocenters. The number of halogens is 1. The fourth-order valence-corrected chi connectivity index (χ4v) is 4.04. The Morgan fingerprint density at radius 3 is 2.50 bits per heavy atom. The molecule has 0 fully saturated rings. The molecule has 0 spiro atoms. The average Bonchev–Trinajstić information content (AvgIpc) is 2.80. The summed E-state index contributed by atoms with van der Waals surface area (Å²) in [5.74, 6) is -0.345. The minimum Gasteiger partial charge on any atom is -0.490 e. The van der Waals surface area contributed by atoms with Gasteiger partial charge in [0.1, 0.15) is 4.90 Å². The smallest absolute Gasteiger partial charge is 0.339 e. The van der Waals surface area contributed by atoms with Gasteiger partial charge < -0.3 is 8.92 Å².